The summed E-state index contributed by atoms with van der Waals surface area (Å²) in [6.45, 7) is 0.746. The molecule has 0 radical (unpaired) electrons. The summed E-state index contributed by atoms with van der Waals surface area (Å²) in [5.74, 6) is 0.669. The van der Waals surface area contributed by atoms with Gasteiger partial charge in [-0.15, -0.1) is 0 Å². The molecule has 0 bridgehead atoms. The van der Waals surface area contributed by atoms with Gasteiger partial charge in [0, 0.05) is 41.0 Å². The van der Waals surface area contributed by atoms with Gasteiger partial charge in [0.2, 0.25) is 0 Å². The Labute approximate surface area is 178 Å². The van der Waals surface area contributed by atoms with Gasteiger partial charge in [-0.05, 0) is 29.7 Å². The Hall–Kier alpha value is -3.09. The first kappa shape index (κ1) is 18.9. The van der Waals surface area contributed by atoms with Crippen molar-refractivity contribution in [1.29, 1.82) is 0 Å². The van der Waals surface area contributed by atoms with Gasteiger partial charge in [0.25, 0.3) is 0 Å². The molecule has 1 aliphatic heterocycles. The molecule has 0 amide bonds. The molecule has 152 valence electrons. The first-order valence-electron chi connectivity index (χ1n) is 9.84. The van der Waals surface area contributed by atoms with Gasteiger partial charge in [0.15, 0.2) is 10.9 Å². The Morgan fingerprint density at radius 1 is 1.30 bits per heavy atom. The number of hydrogen-bond donors (Lipinski definition) is 2. The maximum atomic E-state index is 13.4. The molecule has 7 heteroatoms. The third kappa shape index (κ3) is 3.18. The zero-order valence-electron chi connectivity index (χ0n) is 16.1. The molecule has 3 heterocycles. The van der Waals surface area contributed by atoms with Crippen LogP contribution in [-0.4, -0.2) is 38.9 Å². The molecule has 1 unspecified atom stereocenters. The highest BCUT2D eigenvalue weighted by atomic mass is 35.5. The van der Waals surface area contributed by atoms with Gasteiger partial charge in [-0.3, -0.25) is 9.89 Å². The fourth-order valence-corrected chi connectivity index (χ4v) is 4.35. The van der Waals surface area contributed by atoms with Crippen molar-refractivity contribution >= 4 is 28.3 Å². The maximum absolute atomic E-state index is 13.4. The van der Waals surface area contributed by atoms with E-state index < -0.39 is 0 Å². The van der Waals surface area contributed by atoms with Gasteiger partial charge in [-0.2, -0.15) is 5.10 Å². The van der Waals surface area contributed by atoms with Gasteiger partial charge in [-0.25, -0.2) is 0 Å². The Morgan fingerprint density at radius 2 is 2.17 bits per heavy atom. The molecule has 6 nitrogen and oxygen atoms in total. The van der Waals surface area contributed by atoms with Gasteiger partial charge in [-0.1, -0.05) is 41.9 Å². The highest BCUT2D eigenvalue weighted by Gasteiger charge is 2.29. The molecule has 0 saturated carbocycles. The predicted molar refractivity (Wildman–Crippen MR) is 115 cm³/mol. The molecule has 0 aliphatic carbocycles. The minimum atomic E-state index is -0.240. The quantitative estimate of drug-likeness (QED) is 0.475. The summed E-state index contributed by atoms with van der Waals surface area (Å²) in [6.07, 6.45) is 4.24. The van der Waals surface area contributed by atoms with E-state index in [-0.39, 0.29) is 18.3 Å². The number of fused-ring (bicyclic) bond motifs is 2. The van der Waals surface area contributed by atoms with E-state index in [0.717, 1.165) is 33.3 Å². The fourth-order valence-electron chi connectivity index (χ4n) is 4.14. The van der Waals surface area contributed by atoms with Crippen molar-refractivity contribution in [2.45, 2.75) is 13.0 Å². The first-order chi connectivity index (χ1) is 14.7. The molecule has 0 spiro atoms. The molecular weight excluding hydrogens is 402 g/mol. The lowest BCUT2D eigenvalue weighted by atomic mass is 9.89. The van der Waals surface area contributed by atoms with Crippen LogP contribution in [0.25, 0.3) is 22.0 Å². The Bertz CT molecular complexity index is 1240. The lowest BCUT2D eigenvalue weighted by molar-refractivity contribution is 0.0856. The number of aromatic amines is 1. The van der Waals surface area contributed by atoms with Crippen LogP contribution >= 0.6 is 11.6 Å². The number of ketones is 1. The molecule has 1 aliphatic rings. The minimum absolute atomic E-state index is 0.0198. The number of nitrogens with zero attached hydrogens (tertiary/aromatic N) is 2. The normalized spacial score (nSPS) is 15.7. The number of aliphatic hydroxyl groups is 1. The maximum Gasteiger partial charge on any atom is 0.171 e. The summed E-state index contributed by atoms with van der Waals surface area (Å²) in [5.41, 5.74) is 4.27. The number of carbonyl (C=O) groups excluding carboxylic acids is 1. The number of carbonyl (C=O) groups is 1. The number of para-hydroxylation sites is 1. The number of aliphatic hydroxyl groups excluding tert-OH is 1. The van der Waals surface area contributed by atoms with E-state index in [4.69, 9.17) is 16.3 Å². The third-order valence-corrected chi connectivity index (χ3v) is 5.93. The second-order valence-corrected chi connectivity index (χ2v) is 7.82. The molecule has 0 fully saturated rings. The summed E-state index contributed by atoms with van der Waals surface area (Å²) in [7, 11) is 0. The Morgan fingerprint density at radius 3 is 2.97 bits per heavy atom. The number of hydrogen-bond acceptors (Lipinski definition) is 4. The second kappa shape index (κ2) is 7.63. The number of aromatic nitrogens is 3. The highest BCUT2D eigenvalue weighted by molar-refractivity contribution is 6.32. The van der Waals surface area contributed by atoms with Crippen LogP contribution in [0, 0.1) is 5.92 Å². The molecule has 1 atom stereocenters. The zero-order chi connectivity index (χ0) is 20.7. The number of rotatable bonds is 5. The van der Waals surface area contributed by atoms with Gasteiger partial charge >= 0.3 is 0 Å². The van der Waals surface area contributed by atoms with Crippen molar-refractivity contribution < 1.29 is 14.6 Å². The number of benzene rings is 2. The number of H-pyrrole nitrogens is 1. The molecule has 2 aromatic carbocycles. The van der Waals surface area contributed by atoms with Crippen LogP contribution in [0.1, 0.15) is 15.9 Å². The molecule has 2 aromatic heterocycles. The SMILES string of the molecule is O=C(c1cn(CCO)c2cc(-c3c[nH]nc3Cl)ccc12)C1COc2ccccc2C1. The number of halogens is 1. The Kier molecular flexibility index (Phi) is 4.81. The van der Waals surface area contributed by atoms with Gasteiger partial charge < -0.3 is 14.4 Å². The standard InChI is InChI=1S/C23H20ClN3O3/c24-23-18(11-25-26-23)14-5-6-17-19(12-27(7-8-28)20(17)10-14)22(29)16-9-15-3-1-2-4-21(15)30-13-16/h1-6,10-12,16,28H,7-9,13H2,(H,25,26). The van der Waals surface area contributed by atoms with E-state index in [1.165, 1.54) is 0 Å². The van der Waals surface area contributed by atoms with Crippen LogP contribution in [0.4, 0.5) is 0 Å². The van der Waals surface area contributed by atoms with Crippen LogP contribution in [0.15, 0.2) is 54.9 Å². The molecular formula is C23H20ClN3O3. The van der Waals surface area contributed by atoms with Crippen LogP contribution in [0.5, 0.6) is 5.75 Å². The molecule has 2 N–H and O–H groups in total. The smallest absolute Gasteiger partial charge is 0.171 e. The lowest BCUT2D eigenvalue weighted by Gasteiger charge is -2.24. The average molecular weight is 422 g/mol. The number of nitrogens with one attached hydrogen (secondary N) is 1. The highest BCUT2D eigenvalue weighted by Crippen LogP contribution is 2.34. The van der Waals surface area contributed by atoms with Crippen molar-refractivity contribution in [3.05, 3.63) is 71.1 Å². The van der Waals surface area contributed by atoms with Crippen LogP contribution < -0.4 is 4.74 Å². The number of ether oxygens (including phenoxy) is 1. The van der Waals surface area contributed by atoms with Gasteiger partial charge in [0.05, 0.1) is 19.1 Å². The van der Waals surface area contributed by atoms with Crippen molar-refractivity contribution in [2.75, 3.05) is 13.2 Å². The molecule has 4 aromatic rings. The van der Waals surface area contributed by atoms with E-state index >= 15 is 0 Å². The average Bonchev–Trinajstić information content (AvgIpc) is 3.36. The summed E-state index contributed by atoms with van der Waals surface area (Å²) in [6, 6.07) is 13.7. The first-order valence-corrected chi connectivity index (χ1v) is 10.2. The van der Waals surface area contributed by atoms with Crippen LogP contribution in [-0.2, 0) is 13.0 Å². The van der Waals surface area contributed by atoms with Crippen molar-refractivity contribution in [3.63, 3.8) is 0 Å². The molecule has 0 saturated heterocycles. The van der Waals surface area contributed by atoms with E-state index in [2.05, 4.69) is 10.2 Å². The Balaban J connectivity index is 1.54. The third-order valence-electron chi connectivity index (χ3n) is 5.64. The molecule has 5 rings (SSSR count). The second-order valence-electron chi connectivity index (χ2n) is 7.47. The summed E-state index contributed by atoms with van der Waals surface area (Å²) in [5, 5.41) is 17.5. The fraction of sp³-hybridized carbons (Fsp3) is 0.217. The van der Waals surface area contributed by atoms with Crippen molar-refractivity contribution in [3.8, 4) is 16.9 Å². The summed E-state index contributed by atoms with van der Waals surface area (Å²) in [4.78, 5) is 13.4. The van der Waals surface area contributed by atoms with E-state index in [9.17, 15) is 9.90 Å². The van der Waals surface area contributed by atoms with E-state index in [1.807, 2.05) is 53.2 Å². The monoisotopic (exact) mass is 421 g/mol. The largest absolute Gasteiger partial charge is 0.493 e. The topological polar surface area (TPSA) is 80.1 Å². The van der Waals surface area contributed by atoms with Crippen LogP contribution in [0.2, 0.25) is 5.15 Å². The minimum Gasteiger partial charge on any atom is -0.493 e. The van der Waals surface area contributed by atoms with Crippen molar-refractivity contribution in [2.24, 2.45) is 5.92 Å². The van der Waals surface area contributed by atoms with Crippen LogP contribution in [0.3, 0.4) is 0 Å². The zero-order valence-corrected chi connectivity index (χ0v) is 16.9. The predicted octanol–water partition coefficient (Wildman–Crippen LogP) is 4.11. The van der Waals surface area contributed by atoms with Crippen molar-refractivity contribution in [1.82, 2.24) is 14.8 Å². The molecule has 30 heavy (non-hydrogen) atoms. The van der Waals surface area contributed by atoms with E-state index in [0.29, 0.717) is 30.3 Å². The van der Waals surface area contributed by atoms with E-state index in [1.54, 1.807) is 6.20 Å². The van der Waals surface area contributed by atoms with Gasteiger partial charge in [0.1, 0.15) is 5.75 Å². The lowest BCUT2D eigenvalue weighted by Crippen LogP contribution is -2.28. The number of Topliss-reactive ketones (excluding diaryl/α,β-unsaturated/α-hetero) is 1. The summed E-state index contributed by atoms with van der Waals surface area (Å²) < 4.78 is 7.75. The summed E-state index contributed by atoms with van der Waals surface area (Å²) >= 11 is 6.17.